The molecule has 0 heterocycles. The maximum absolute atomic E-state index is 12.4. The van der Waals surface area contributed by atoms with Gasteiger partial charge in [-0.05, 0) is 23.6 Å². The predicted octanol–water partition coefficient (Wildman–Crippen LogP) is 4.43. The maximum Gasteiger partial charge on any atom is 0.387 e. The SMILES string of the molecule is COc1ccc(NC(=O)C[C@@H](C)c2ccccc2)cc1OC(F)F. The van der Waals surface area contributed by atoms with Crippen LogP contribution in [0.1, 0.15) is 24.8 Å². The van der Waals surface area contributed by atoms with Gasteiger partial charge in [-0.2, -0.15) is 8.78 Å². The molecule has 0 bridgehead atoms. The molecular weight excluding hydrogens is 316 g/mol. The highest BCUT2D eigenvalue weighted by molar-refractivity contribution is 5.91. The van der Waals surface area contributed by atoms with Crippen molar-refractivity contribution in [2.45, 2.75) is 25.9 Å². The number of hydrogen-bond acceptors (Lipinski definition) is 3. The van der Waals surface area contributed by atoms with Crippen LogP contribution in [-0.4, -0.2) is 19.6 Å². The van der Waals surface area contributed by atoms with Crippen LogP contribution >= 0.6 is 0 Å². The number of amides is 1. The van der Waals surface area contributed by atoms with E-state index in [4.69, 9.17) is 4.74 Å². The van der Waals surface area contributed by atoms with Gasteiger partial charge in [0.25, 0.3) is 0 Å². The lowest BCUT2D eigenvalue weighted by Gasteiger charge is -2.14. The standard InChI is InChI=1S/C18H19F2NO3/c1-12(13-6-4-3-5-7-13)10-17(22)21-14-8-9-15(23-2)16(11-14)24-18(19)20/h3-9,11-12,18H,10H2,1-2H3,(H,21,22)/t12-/m1/s1. The van der Waals surface area contributed by atoms with Gasteiger partial charge in [-0.1, -0.05) is 37.3 Å². The van der Waals surface area contributed by atoms with E-state index < -0.39 is 6.61 Å². The second-order valence-corrected chi connectivity index (χ2v) is 5.31. The third kappa shape index (κ3) is 4.94. The number of nitrogens with one attached hydrogen (secondary N) is 1. The largest absolute Gasteiger partial charge is 0.493 e. The third-order valence-electron chi connectivity index (χ3n) is 3.52. The van der Waals surface area contributed by atoms with E-state index in [2.05, 4.69) is 10.1 Å². The molecule has 6 heteroatoms. The summed E-state index contributed by atoms with van der Waals surface area (Å²) in [6, 6.07) is 14.0. The van der Waals surface area contributed by atoms with E-state index in [0.29, 0.717) is 5.69 Å². The topological polar surface area (TPSA) is 47.6 Å². The molecule has 0 fully saturated rings. The first-order valence-electron chi connectivity index (χ1n) is 7.47. The number of hydrogen-bond donors (Lipinski definition) is 1. The lowest BCUT2D eigenvalue weighted by atomic mass is 9.97. The summed E-state index contributed by atoms with van der Waals surface area (Å²) in [6.45, 7) is -1.02. The molecule has 0 radical (unpaired) electrons. The van der Waals surface area contributed by atoms with E-state index in [1.54, 1.807) is 6.07 Å². The highest BCUT2D eigenvalue weighted by Crippen LogP contribution is 2.31. The first-order chi connectivity index (χ1) is 11.5. The molecule has 24 heavy (non-hydrogen) atoms. The summed E-state index contributed by atoms with van der Waals surface area (Å²) in [7, 11) is 1.35. The molecule has 0 unspecified atom stereocenters. The van der Waals surface area contributed by atoms with Gasteiger partial charge in [-0.15, -0.1) is 0 Å². The Morgan fingerprint density at radius 2 is 1.83 bits per heavy atom. The van der Waals surface area contributed by atoms with Crippen molar-refractivity contribution in [3.8, 4) is 11.5 Å². The van der Waals surface area contributed by atoms with E-state index in [1.807, 2.05) is 37.3 Å². The van der Waals surface area contributed by atoms with Gasteiger partial charge in [0, 0.05) is 18.2 Å². The number of alkyl halides is 2. The minimum Gasteiger partial charge on any atom is -0.493 e. The summed E-state index contributed by atoms with van der Waals surface area (Å²) in [5.74, 6) is -0.117. The van der Waals surface area contributed by atoms with E-state index in [9.17, 15) is 13.6 Å². The van der Waals surface area contributed by atoms with Gasteiger partial charge >= 0.3 is 6.61 Å². The average Bonchev–Trinajstić information content (AvgIpc) is 2.55. The number of benzene rings is 2. The minimum atomic E-state index is -2.97. The van der Waals surface area contributed by atoms with Gasteiger partial charge in [0.1, 0.15) is 0 Å². The van der Waals surface area contributed by atoms with Crippen LogP contribution in [-0.2, 0) is 4.79 Å². The molecule has 2 aromatic carbocycles. The second-order valence-electron chi connectivity index (χ2n) is 5.31. The number of ether oxygens (including phenoxy) is 2. The molecule has 1 N–H and O–H groups in total. The predicted molar refractivity (Wildman–Crippen MR) is 87.7 cm³/mol. The van der Waals surface area contributed by atoms with Crippen LogP contribution in [0.15, 0.2) is 48.5 Å². The first kappa shape index (κ1) is 17.7. The zero-order valence-corrected chi connectivity index (χ0v) is 13.5. The highest BCUT2D eigenvalue weighted by Gasteiger charge is 2.14. The fraction of sp³-hybridized carbons (Fsp3) is 0.278. The smallest absolute Gasteiger partial charge is 0.387 e. The van der Waals surface area contributed by atoms with E-state index in [1.165, 1.54) is 19.2 Å². The first-order valence-corrected chi connectivity index (χ1v) is 7.47. The molecule has 0 saturated carbocycles. The van der Waals surface area contributed by atoms with Crippen molar-refractivity contribution in [1.82, 2.24) is 0 Å². The third-order valence-corrected chi connectivity index (χ3v) is 3.52. The number of carbonyl (C=O) groups is 1. The van der Waals surface area contributed by atoms with Crippen LogP contribution in [0.4, 0.5) is 14.5 Å². The van der Waals surface area contributed by atoms with Crippen LogP contribution in [0, 0.1) is 0 Å². The molecule has 4 nitrogen and oxygen atoms in total. The fourth-order valence-corrected chi connectivity index (χ4v) is 2.33. The van der Waals surface area contributed by atoms with Crippen LogP contribution in [0.5, 0.6) is 11.5 Å². The van der Waals surface area contributed by atoms with E-state index in [-0.39, 0.29) is 29.7 Å². The van der Waals surface area contributed by atoms with Gasteiger partial charge in [-0.3, -0.25) is 4.79 Å². The van der Waals surface area contributed by atoms with Crippen LogP contribution in [0.2, 0.25) is 0 Å². The van der Waals surface area contributed by atoms with Crippen LogP contribution in [0.3, 0.4) is 0 Å². The minimum absolute atomic E-state index is 0.0428. The molecule has 0 saturated heterocycles. The quantitative estimate of drug-likeness (QED) is 0.814. The summed E-state index contributed by atoms with van der Waals surface area (Å²) >= 11 is 0. The van der Waals surface area contributed by atoms with E-state index >= 15 is 0 Å². The van der Waals surface area contributed by atoms with Crippen LogP contribution in [0.25, 0.3) is 0 Å². The summed E-state index contributed by atoms with van der Waals surface area (Å²) in [6.07, 6.45) is 0.279. The Balaban J connectivity index is 2.03. The Morgan fingerprint density at radius 3 is 2.46 bits per heavy atom. The van der Waals surface area contributed by atoms with Crippen molar-refractivity contribution in [1.29, 1.82) is 0 Å². The monoisotopic (exact) mass is 335 g/mol. The lowest BCUT2D eigenvalue weighted by molar-refractivity contribution is -0.116. The van der Waals surface area contributed by atoms with Gasteiger partial charge in [0.15, 0.2) is 11.5 Å². The normalized spacial score (nSPS) is 11.9. The molecule has 2 aromatic rings. The summed E-state index contributed by atoms with van der Waals surface area (Å²) < 4.78 is 34.2. The van der Waals surface area contributed by atoms with E-state index in [0.717, 1.165) is 5.56 Å². The molecule has 2 rings (SSSR count). The molecule has 0 aromatic heterocycles. The molecular formula is C18H19F2NO3. The number of rotatable bonds is 7. The van der Waals surface area contributed by atoms with Gasteiger partial charge in [0.05, 0.1) is 7.11 Å². The Hall–Kier alpha value is -2.63. The second kappa shape index (κ2) is 8.29. The molecule has 0 aliphatic carbocycles. The van der Waals surface area contributed by atoms with Gasteiger partial charge < -0.3 is 14.8 Å². The summed E-state index contributed by atoms with van der Waals surface area (Å²) in [5, 5.41) is 2.69. The highest BCUT2D eigenvalue weighted by atomic mass is 19.3. The van der Waals surface area contributed by atoms with Gasteiger partial charge in [0.2, 0.25) is 5.91 Å². The number of carbonyl (C=O) groups excluding carboxylic acids is 1. The van der Waals surface area contributed by atoms with Crippen molar-refractivity contribution < 1.29 is 23.0 Å². The maximum atomic E-state index is 12.4. The summed E-state index contributed by atoms with van der Waals surface area (Å²) in [5.41, 5.74) is 1.43. The number of methoxy groups -OCH3 is 1. The molecule has 0 spiro atoms. The lowest BCUT2D eigenvalue weighted by Crippen LogP contribution is -2.14. The zero-order valence-electron chi connectivity index (χ0n) is 13.5. The number of anilines is 1. The average molecular weight is 335 g/mol. The Labute approximate surface area is 139 Å². The Kier molecular flexibility index (Phi) is 6.12. The Bertz CT molecular complexity index is 677. The van der Waals surface area contributed by atoms with Crippen molar-refractivity contribution in [3.05, 3.63) is 54.1 Å². The molecule has 0 aliphatic heterocycles. The van der Waals surface area contributed by atoms with Crippen molar-refractivity contribution in [2.24, 2.45) is 0 Å². The summed E-state index contributed by atoms with van der Waals surface area (Å²) in [4.78, 5) is 12.2. The zero-order chi connectivity index (χ0) is 17.5. The van der Waals surface area contributed by atoms with Crippen molar-refractivity contribution in [3.63, 3.8) is 0 Å². The number of halogens is 2. The van der Waals surface area contributed by atoms with Crippen molar-refractivity contribution in [2.75, 3.05) is 12.4 Å². The molecule has 128 valence electrons. The van der Waals surface area contributed by atoms with Crippen molar-refractivity contribution >= 4 is 11.6 Å². The van der Waals surface area contributed by atoms with Crippen LogP contribution < -0.4 is 14.8 Å². The Morgan fingerprint density at radius 1 is 1.12 bits per heavy atom. The fourth-order valence-electron chi connectivity index (χ4n) is 2.33. The molecule has 1 atom stereocenters. The molecule has 1 amide bonds. The molecule has 0 aliphatic rings. The van der Waals surface area contributed by atoms with Gasteiger partial charge in [-0.25, -0.2) is 0 Å².